The Labute approximate surface area is 123 Å². The highest BCUT2D eigenvalue weighted by molar-refractivity contribution is 5.68. The maximum atomic E-state index is 11.3. The zero-order valence-corrected chi connectivity index (χ0v) is 12.2. The van der Waals surface area contributed by atoms with Gasteiger partial charge in [0.15, 0.2) is 0 Å². The van der Waals surface area contributed by atoms with Crippen molar-refractivity contribution >= 4 is 11.4 Å². The van der Waals surface area contributed by atoms with Gasteiger partial charge in [0.05, 0.1) is 13.2 Å². The molecule has 1 atom stereocenters. The lowest BCUT2D eigenvalue weighted by molar-refractivity contribution is -0.378. The first-order valence-electron chi connectivity index (χ1n) is 7.33. The highest BCUT2D eigenvalue weighted by Crippen LogP contribution is 2.41. The average molecular weight is 293 g/mol. The van der Waals surface area contributed by atoms with Crippen molar-refractivity contribution in [1.29, 1.82) is 0 Å². The largest absolute Gasteiger partial charge is 0.487 e. The van der Waals surface area contributed by atoms with E-state index >= 15 is 0 Å². The Bertz CT molecular complexity index is 543. The number of aliphatic hydroxyl groups excluding tert-OH is 1. The van der Waals surface area contributed by atoms with Crippen molar-refractivity contribution in [3.05, 3.63) is 22.6 Å². The van der Waals surface area contributed by atoms with E-state index in [1.165, 1.54) is 0 Å². The summed E-state index contributed by atoms with van der Waals surface area (Å²) in [5.41, 5.74) is 2.06. The summed E-state index contributed by atoms with van der Waals surface area (Å²) in [4.78, 5) is 13.4. The number of ether oxygens (including phenoxy) is 2. The van der Waals surface area contributed by atoms with Gasteiger partial charge >= 0.3 is 0 Å². The van der Waals surface area contributed by atoms with E-state index in [1.807, 2.05) is 24.2 Å². The number of nitroso groups, excluding NO2 is 1. The van der Waals surface area contributed by atoms with Gasteiger partial charge in [0, 0.05) is 60.3 Å². The number of morpholine rings is 1. The molecule has 2 heterocycles. The summed E-state index contributed by atoms with van der Waals surface area (Å²) in [6.45, 7) is 4.94. The summed E-state index contributed by atoms with van der Waals surface area (Å²) in [7, 11) is 0. The molecule has 2 N–H and O–H groups in total. The maximum absolute atomic E-state index is 11.3. The third-order valence-electron chi connectivity index (χ3n) is 4.20. The SMILES string of the molecule is CC1(CCO)Cc2cc([NH+]=O)c(N3CCOCC3)cc2O1. The minimum Gasteiger partial charge on any atom is -0.487 e. The van der Waals surface area contributed by atoms with Crippen LogP contribution in [0.3, 0.4) is 0 Å². The molecule has 6 nitrogen and oxygen atoms in total. The summed E-state index contributed by atoms with van der Waals surface area (Å²) < 4.78 is 11.4. The number of benzene rings is 1. The van der Waals surface area contributed by atoms with Gasteiger partial charge in [0.2, 0.25) is 0 Å². The van der Waals surface area contributed by atoms with Crippen molar-refractivity contribution < 1.29 is 19.8 Å². The van der Waals surface area contributed by atoms with Crippen molar-refractivity contribution in [2.75, 3.05) is 37.8 Å². The highest BCUT2D eigenvalue weighted by Gasteiger charge is 2.36. The van der Waals surface area contributed by atoms with E-state index in [-0.39, 0.29) is 12.2 Å². The molecule has 1 aromatic rings. The van der Waals surface area contributed by atoms with Gasteiger partial charge in [-0.25, -0.2) is 0 Å². The molecule has 2 aliphatic heterocycles. The van der Waals surface area contributed by atoms with Gasteiger partial charge in [0.25, 0.3) is 5.69 Å². The lowest BCUT2D eigenvalue weighted by atomic mass is 9.96. The second kappa shape index (κ2) is 5.61. The van der Waals surface area contributed by atoms with Crippen LogP contribution in [0, 0.1) is 4.91 Å². The average Bonchev–Trinajstić information content (AvgIpc) is 2.82. The summed E-state index contributed by atoms with van der Waals surface area (Å²) in [5, 5.41) is 11.2. The molecule has 21 heavy (non-hydrogen) atoms. The molecule has 114 valence electrons. The second-order valence-electron chi connectivity index (χ2n) is 5.88. The molecule has 0 spiro atoms. The molecular weight excluding hydrogens is 272 g/mol. The molecule has 6 heteroatoms. The van der Waals surface area contributed by atoms with Crippen LogP contribution in [0.1, 0.15) is 18.9 Å². The number of hydrogen-bond donors (Lipinski definition) is 2. The zero-order chi connectivity index (χ0) is 14.9. The Kier molecular flexibility index (Phi) is 3.82. The van der Waals surface area contributed by atoms with Gasteiger partial charge in [-0.1, -0.05) is 0 Å². The first-order chi connectivity index (χ1) is 10.1. The molecular formula is C15H21N2O4+. The minimum absolute atomic E-state index is 0.0907. The van der Waals surface area contributed by atoms with Gasteiger partial charge in [-0.15, -0.1) is 0 Å². The van der Waals surface area contributed by atoms with Crippen LogP contribution in [0.25, 0.3) is 0 Å². The Hall–Kier alpha value is -1.66. The molecule has 0 bridgehead atoms. The predicted octanol–water partition coefficient (Wildman–Crippen LogP) is 0.0777. The number of fused-ring (bicyclic) bond motifs is 1. The molecule has 0 amide bonds. The van der Waals surface area contributed by atoms with E-state index in [2.05, 4.69) is 4.90 Å². The van der Waals surface area contributed by atoms with Crippen molar-refractivity contribution in [3.63, 3.8) is 0 Å². The van der Waals surface area contributed by atoms with Gasteiger partial charge in [-0.05, 0) is 6.92 Å². The Morgan fingerprint density at radius 3 is 2.81 bits per heavy atom. The van der Waals surface area contributed by atoms with Crippen LogP contribution < -0.4 is 14.8 Å². The van der Waals surface area contributed by atoms with Crippen LogP contribution in [0.2, 0.25) is 0 Å². The summed E-state index contributed by atoms with van der Waals surface area (Å²) in [6, 6.07) is 3.80. The topological polar surface area (TPSA) is 73.0 Å². The Morgan fingerprint density at radius 2 is 2.14 bits per heavy atom. The maximum Gasteiger partial charge on any atom is 0.277 e. The van der Waals surface area contributed by atoms with E-state index in [0.717, 1.165) is 30.1 Å². The van der Waals surface area contributed by atoms with Crippen LogP contribution in [0.15, 0.2) is 12.1 Å². The van der Waals surface area contributed by atoms with Crippen LogP contribution in [-0.2, 0) is 11.2 Å². The summed E-state index contributed by atoms with van der Waals surface area (Å²) >= 11 is 0. The van der Waals surface area contributed by atoms with Gasteiger partial charge in [0.1, 0.15) is 17.0 Å². The van der Waals surface area contributed by atoms with Crippen LogP contribution >= 0.6 is 0 Å². The van der Waals surface area contributed by atoms with Gasteiger partial charge in [-0.3, -0.25) is 0 Å². The third-order valence-corrected chi connectivity index (χ3v) is 4.20. The quantitative estimate of drug-likeness (QED) is 0.822. The predicted molar refractivity (Wildman–Crippen MR) is 77.9 cm³/mol. The van der Waals surface area contributed by atoms with Crippen molar-refractivity contribution in [3.8, 4) is 5.75 Å². The van der Waals surface area contributed by atoms with Crippen molar-refractivity contribution in [1.82, 2.24) is 0 Å². The van der Waals surface area contributed by atoms with E-state index < -0.39 is 0 Å². The van der Waals surface area contributed by atoms with Crippen LogP contribution in [0.4, 0.5) is 11.4 Å². The number of nitrogens with zero attached hydrogens (tertiary/aromatic N) is 1. The zero-order valence-electron chi connectivity index (χ0n) is 12.2. The number of aliphatic hydroxyl groups is 1. The molecule has 2 aliphatic rings. The fourth-order valence-electron chi connectivity index (χ4n) is 3.08. The molecule has 0 radical (unpaired) electrons. The number of rotatable bonds is 4. The standard InChI is InChI=1S/C15H20N2O4/c1-15(2-5-18)10-11-8-12(16-19)13(9-14(11)21-15)17-3-6-20-7-4-17/h8-9,18H,2-7,10H2,1H3/p+1. The molecule has 1 fully saturated rings. The Morgan fingerprint density at radius 1 is 1.38 bits per heavy atom. The molecule has 0 aliphatic carbocycles. The Balaban J connectivity index is 1.92. The van der Waals surface area contributed by atoms with E-state index in [0.29, 0.717) is 31.7 Å². The van der Waals surface area contributed by atoms with Crippen molar-refractivity contribution in [2.45, 2.75) is 25.4 Å². The highest BCUT2D eigenvalue weighted by atomic mass is 16.5. The molecule has 3 rings (SSSR count). The smallest absolute Gasteiger partial charge is 0.277 e. The van der Waals surface area contributed by atoms with Crippen LogP contribution in [-0.4, -0.2) is 43.6 Å². The lowest BCUT2D eigenvalue weighted by Crippen LogP contribution is -2.57. The van der Waals surface area contributed by atoms with Gasteiger partial charge < -0.3 is 19.5 Å². The molecule has 1 saturated heterocycles. The second-order valence-corrected chi connectivity index (χ2v) is 5.88. The monoisotopic (exact) mass is 293 g/mol. The normalized spacial score (nSPS) is 24.6. The third kappa shape index (κ3) is 2.73. The summed E-state index contributed by atoms with van der Waals surface area (Å²) in [5.74, 6) is 0.812. The first-order valence-corrected chi connectivity index (χ1v) is 7.33. The molecule has 1 unspecified atom stereocenters. The fourth-order valence-corrected chi connectivity index (χ4v) is 3.08. The molecule has 0 aromatic heterocycles. The van der Waals surface area contributed by atoms with E-state index in [9.17, 15) is 4.91 Å². The lowest BCUT2D eigenvalue weighted by Gasteiger charge is -2.28. The first kappa shape index (κ1) is 14.3. The molecule has 0 saturated carbocycles. The van der Waals surface area contributed by atoms with Crippen LogP contribution in [0.5, 0.6) is 5.75 Å². The fraction of sp³-hybridized carbons (Fsp3) is 0.600. The number of hydrogen-bond acceptors (Lipinski definition) is 5. The molecule has 1 aromatic carbocycles. The van der Waals surface area contributed by atoms with E-state index in [4.69, 9.17) is 14.6 Å². The number of anilines is 1. The van der Waals surface area contributed by atoms with Gasteiger partial charge in [-0.2, -0.15) is 0 Å². The minimum atomic E-state index is -0.388. The van der Waals surface area contributed by atoms with E-state index in [1.54, 1.807) is 0 Å². The summed E-state index contributed by atoms with van der Waals surface area (Å²) in [6.07, 6.45) is 1.29. The van der Waals surface area contributed by atoms with Crippen molar-refractivity contribution in [2.24, 2.45) is 0 Å². The number of nitrogens with one attached hydrogen (secondary N) is 1.